The van der Waals surface area contributed by atoms with Gasteiger partial charge in [-0.25, -0.2) is 4.39 Å². The predicted octanol–water partition coefficient (Wildman–Crippen LogP) is 3.09. The van der Waals surface area contributed by atoms with Crippen molar-refractivity contribution in [2.24, 2.45) is 0 Å². The first kappa shape index (κ1) is 19.3. The van der Waals surface area contributed by atoms with Gasteiger partial charge in [0.25, 0.3) is 0 Å². The lowest BCUT2D eigenvalue weighted by molar-refractivity contribution is 0.282. The first-order valence-electron chi connectivity index (χ1n) is 8.57. The summed E-state index contributed by atoms with van der Waals surface area (Å²) in [6.07, 6.45) is 3.57. The quantitative estimate of drug-likeness (QED) is 0.706. The number of nitrogens with zero attached hydrogens (tertiary/aromatic N) is 3. The molecule has 1 aromatic carbocycles. The molecule has 0 amide bonds. The zero-order valence-electron chi connectivity index (χ0n) is 15.0. The van der Waals surface area contributed by atoms with Gasteiger partial charge in [0.05, 0.1) is 18.4 Å². The van der Waals surface area contributed by atoms with Crippen LogP contribution in [0.2, 0.25) is 0 Å². The minimum absolute atomic E-state index is 0.240. The summed E-state index contributed by atoms with van der Waals surface area (Å²) < 4.78 is 15.0. The zero-order valence-corrected chi connectivity index (χ0v) is 15.8. The Morgan fingerprint density at radius 3 is 2.80 bits per heavy atom. The highest BCUT2D eigenvalue weighted by atomic mass is 32.1. The van der Waals surface area contributed by atoms with Gasteiger partial charge >= 0.3 is 0 Å². The summed E-state index contributed by atoms with van der Waals surface area (Å²) in [7, 11) is 0. The van der Waals surface area contributed by atoms with E-state index in [1.807, 2.05) is 12.3 Å². The van der Waals surface area contributed by atoms with Gasteiger partial charge in [-0.15, -0.1) is 0 Å². The second kappa shape index (κ2) is 9.48. The number of rotatable bonds is 8. The molecule has 1 atom stereocenters. The predicted molar refractivity (Wildman–Crippen MR) is 104 cm³/mol. The molecule has 5 nitrogen and oxygen atoms in total. The van der Waals surface area contributed by atoms with Crippen molar-refractivity contribution >= 4 is 23.0 Å². The van der Waals surface area contributed by atoms with Crippen LogP contribution in [0.4, 0.5) is 10.1 Å². The average molecular weight is 364 g/mol. The van der Waals surface area contributed by atoms with Crippen LogP contribution in [-0.2, 0) is 6.54 Å². The molecule has 0 aliphatic rings. The van der Waals surface area contributed by atoms with Crippen LogP contribution in [0.3, 0.4) is 0 Å². The second-order valence-corrected chi connectivity index (χ2v) is 6.45. The van der Waals surface area contributed by atoms with Gasteiger partial charge in [0.1, 0.15) is 5.82 Å². The van der Waals surface area contributed by atoms with Crippen molar-refractivity contribution in [1.82, 2.24) is 20.0 Å². The summed E-state index contributed by atoms with van der Waals surface area (Å²) in [6.45, 7) is 9.91. The Morgan fingerprint density at radius 1 is 1.36 bits per heavy atom. The molecule has 2 rings (SSSR count). The fraction of sp³-hybridized carbons (Fsp3) is 0.444. The molecule has 0 saturated heterocycles. The van der Waals surface area contributed by atoms with Crippen LogP contribution in [0.5, 0.6) is 0 Å². The molecule has 0 spiro atoms. The number of benzene rings is 1. The lowest BCUT2D eigenvalue weighted by Gasteiger charge is -2.24. The molecular weight excluding hydrogens is 337 g/mol. The summed E-state index contributed by atoms with van der Waals surface area (Å²) in [5, 5.41) is 11.3. The monoisotopic (exact) mass is 363 g/mol. The summed E-state index contributed by atoms with van der Waals surface area (Å²) in [6, 6.07) is 6.77. The maximum absolute atomic E-state index is 13.2. The topological polar surface area (TPSA) is 45.1 Å². The molecule has 0 aliphatic carbocycles. The molecule has 7 heteroatoms. The minimum atomic E-state index is -0.240. The number of likely N-dealkylation sites (N-methyl/N-ethyl adjacent to an activating group) is 1. The van der Waals surface area contributed by atoms with E-state index in [9.17, 15) is 4.39 Å². The van der Waals surface area contributed by atoms with E-state index in [1.165, 1.54) is 12.1 Å². The number of anilines is 1. The number of hydrogen-bond acceptors (Lipinski definition) is 3. The number of nitrogens with one attached hydrogen (secondary N) is 2. The molecule has 0 fully saturated rings. The summed E-state index contributed by atoms with van der Waals surface area (Å²) in [5.74, 6) is -0.240. The highest BCUT2D eigenvalue weighted by Gasteiger charge is 2.09. The third-order valence-electron chi connectivity index (χ3n) is 3.93. The molecule has 0 saturated carbocycles. The van der Waals surface area contributed by atoms with Crippen LogP contribution in [-0.4, -0.2) is 45.5 Å². The molecule has 2 aromatic rings. The molecule has 136 valence electrons. The summed E-state index contributed by atoms with van der Waals surface area (Å²) >= 11 is 5.37. The van der Waals surface area contributed by atoms with Crippen LogP contribution in [0, 0.1) is 5.82 Å². The van der Waals surface area contributed by atoms with E-state index in [2.05, 4.69) is 41.4 Å². The van der Waals surface area contributed by atoms with Crippen LogP contribution in [0.15, 0.2) is 36.7 Å². The summed E-state index contributed by atoms with van der Waals surface area (Å²) in [4.78, 5) is 2.34. The third-order valence-corrected chi connectivity index (χ3v) is 4.15. The van der Waals surface area contributed by atoms with E-state index >= 15 is 0 Å². The largest absolute Gasteiger partial charge is 0.359 e. The van der Waals surface area contributed by atoms with Gasteiger partial charge in [0.2, 0.25) is 0 Å². The number of halogens is 1. The lowest BCUT2D eigenvalue weighted by Crippen LogP contribution is -2.43. The zero-order chi connectivity index (χ0) is 18.2. The van der Waals surface area contributed by atoms with Gasteiger partial charge < -0.3 is 15.5 Å². The molecular formula is C18H26FN5S. The van der Waals surface area contributed by atoms with Gasteiger partial charge in [-0.1, -0.05) is 26.0 Å². The smallest absolute Gasteiger partial charge is 0.171 e. The van der Waals surface area contributed by atoms with Crippen molar-refractivity contribution < 1.29 is 4.39 Å². The van der Waals surface area contributed by atoms with Gasteiger partial charge in [-0.2, -0.15) is 5.10 Å². The fourth-order valence-electron chi connectivity index (χ4n) is 2.64. The SMILES string of the molecule is CCN(CC)CC(C)NC(=S)Nc1cnn(Cc2cccc(F)c2)c1. The molecule has 1 unspecified atom stereocenters. The second-order valence-electron chi connectivity index (χ2n) is 6.04. The van der Waals surface area contributed by atoms with Gasteiger partial charge in [0.15, 0.2) is 5.11 Å². The van der Waals surface area contributed by atoms with Gasteiger partial charge in [-0.3, -0.25) is 4.68 Å². The van der Waals surface area contributed by atoms with E-state index in [0.717, 1.165) is 30.9 Å². The van der Waals surface area contributed by atoms with Crippen LogP contribution >= 0.6 is 12.2 Å². The summed E-state index contributed by atoms with van der Waals surface area (Å²) in [5.41, 5.74) is 1.67. The van der Waals surface area contributed by atoms with Crippen LogP contribution < -0.4 is 10.6 Å². The Labute approximate surface area is 154 Å². The molecule has 25 heavy (non-hydrogen) atoms. The molecule has 0 aliphatic heterocycles. The van der Waals surface area contributed by atoms with Gasteiger partial charge in [-0.05, 0) is 49.9 Å². The van der Waals surface area contributed by atoms with E-state index in [1.54, 1.807) is 16.9 Å². The van der Waals surface area contributed by atoms with Crippen molar-refractivity contribution in [3.63, 3.8) is 0 Å². The first-order valence-corrected chi connectivity index (χ1v) is 8.97. The van der Waals surface area contributed by atoms with Gasteiger partial charge in [0, 0.05) is 18.8 Å². The fourth-order valence-corrected chi connectivity index (χ4v) is 2.96. The Bertz CT molecular complexity index is 684. The number of aromatic nitrogens is 2. The van der Waals surface area contributed by atoms with Crippen molar-refractivity contribution in [2.75, 3.05) is 25.0 Å². The molecule has 0 radical (unpaired) electrons. The molecule has 1 heterocycles. The van der Waals surface area contributed by atoms with Crippen LogP contribution in [0.25, 0.3) is 0 Å². The van der Waals surface area contributed by atoms with Crippen molar-refractivity contribution in [1.29, 1.82) is 0 Å². The maximum atomic E-state index is 13.2. The molecule has 0 bridgehead atoms. The Balaban J connectivity index is 1.84. The third kappa shape index (κ3) is 6.43. The average Bonchev–Trinajstić information content (AvgIpc) is 2.99. The Kier molecular flexibility index (Phi) is 7.33. The van der Waals surface area contributed by atoms with Crippen molar-refractivity contribution in [2.45, 2.75) is 33.4 Å². The first-order chi connectivity index (χ1) is 12.0. The Morgan fingerprint density at radius 2 is 2.12 bits per heavy atom. The standard InChI is InChI=1S/C18H26FN5S/c1-4-23(5-2)11-14(3)21-18(25)22-17-10-20-24(13-17)12-15-7-6-8-16(19)9-15/h6-10,13-14H,4-5,11-12H2,1-3H3,(H2,21,22,25). The highest BCUT2D eigenvalue weighted by molar-refractivity contribution is 7.80. The molecule has 1 aromatic heterocycles. The van der Waals surface area contributed by atoms with E-state index in [0.29, 0.717) is 11.7 Å². The highest BCUT2D eigenvalue weighted by Crippen LogP contribution is 2.09. The number of thiocarbonyl (C=S) groups is 1. The van der Waals surface area contributed by atoms with Crippen molar-refractivity contribution in [3.8, 4) is 0 Å². The minimum Gasteiger partial charge on any atom is -0.359 e. The lowest BCUT2D eigenvalue weighted by atomic mass is 10.2. The van der Waals surface area contributed by atoms with Crippen LogP contribution in [0.1, 0.15) is 26.3 Å². The normalized spacial score (nSPS) is 12.2. The van der Waals surface area contributed by atoms with E-state index < -0.39 is 0 Å². The van der Waals surface area contributed by atoms with E-state index in [4.69, 9.17) is 12.2 Å². The van der Waals surface area contributed by atoms with Crippen molar-refractivity contribution in [3.05, 3.63) is 48.0 Å². The number of hydrogen-bond donors (Lipinski definition) is 2. The van der Waals surface area contributed by atoms with E-state index in [-0.39, 0.29) is 11.9 Å². The molecule has 2 N–H and O–H groups in total. The maximum Gasteiger partial charge on any atom is 0.171 e. The Hall–Kier alpha value is -1.99.